The Labute approximate surface area is 70.5 Å². The van der Waals surface area contributed by atoms with E-state index in [4.69, 9.17) is 0 Å². The lowest BCUT2D eigenvalue weighted by molar-refractivity contribution is -0.141. The Morgan fingerprint density at radius 3 is 2.25 bits per heavy atom. The Kier molecular flexibility index (Phi) is 2.58. The van der Waals surface area contributed by atoms with Crippen LogP contribution < -0.4 is 0 Å². The van der Waals surface area contributed by atoms with Crippen LogP contribution >= 0.6 is 0 Å². The van der Waals surface area contributed by atoms with E-state index >= 15 is 0 Å². The summed E-state index contributed by atoms with van der Waals surface area (Å²) in [4.78, 5) is 33.9. The molecule has 1 saturated heterocycles. The quantitative estimate of drug-likeness (QED) is 0.563. The lowest BCUT2D eigenvalue weighted by Gasteiger charge is -2.10. The molecule has 0 aliphatic carbocycles. The monoisotopic (exact) mass is 169 g/mol. The number of nitrogens with zero attached hydrogens (tertiary/aromatic N) is 1. The maximum Gasteiger partial charge on any atom is 0.230 e. The van der Waals surface area contributed by atoms with Crippen molar-refractivity contribution in [1.29, 1.82) is 0 Å². The molecule has 0 atom stereocenters. The zero-order valence-electron chi connectivity index (χ0n) is 7.00. The topological polar surface area (TPSA) is 54.5 Å². The summed E-state index contributed by atoms with van der Waals surface area (Å²) in [6.45, 7) is 1.68. The Morgan fingerprint density at radius 1 is 1.33 bits per heavy atom. The van der Waals surface area contributed by atoms with E-state index in [0.717, 1.165) is 4.90 Å². The summed E-state index contributed by atoms with van der Waals surface area (Å²) in [6, 6.07) is 0. The van der Waals surface area contributed by atoms with Crippen LogP contribution in [0.4, 0.5) is 0 Å². The van der Waals surface area contributed by atoms with Gasteiger partial charge in [0.1, 0.15) is 0 Å². The van der Waals surface area contributed by atoms with E-state index in [2.05, 4.69) is 0 Å². The molecule has 0 aromatic carbocycles. The molecule has 1 fully saturated rings. The van der Waals surface area contributed by atoms with Gasteiger partial charge in [-0.15, -0.1) is 0 Å². The molecule has 12 heavy (non-hydrogen) atoms. The van der Waals surface area contributed by atoms with Crippen LogP contribution in [0.1, 0.15) is 26.2 Å². The molecule has 66 valence electrons. The van der Waals surface area contributed by atoms with Crippen LogP contribution in [0, 0.1) is 0 Å². The first kappa shape index (κ1) is 8.90. The van der Waals surface area contributed by atoms with Crippen LogP contribution in [-0.4, -0.2) is 29.0 Å². The van der Waals surface area contributed by atoms with E-state index in [1.54, 1.807) is 6.92 Å². The molecule has 0 N–H and O–H groups in total. The van der Waals surface area contributed by atoms with E-state index in [-0.39, 0.29) is 37.0 Å². The maximum atomic E-state index is 11.0. The Balaban J connectivity index is 2.56. The summed E-state index contributed by atoms with van der Waals surface area (Å²) in [7, 11) is 0. The lowest BCUT2D eigenvalue weighted by Crippen LogP contribution is -2.33. The Morgan fingerprint density at radius 2 is 1.83 bits per heavy atom. The number of hydrogen-bond acceptors (Lipinski definition) is 3. The molecule has 1 rings (SSSR count). The van der Waals surface area contributed by atoms with Gasteiger partial charge in [-0.2, -0.15) is 0 Å². The molecule has 0 saturated carbocycles. The first-order valence-corrected chi connectivity index (χ1v) is 4.00. The van der Waals surface area contributed by atoms with E-state index in [0.29, 0.717) is 6.42 Å². The molecular weight excluding hydrogens is 158 g/mol. The Bertz CT molecular complexity index is 218. The fourth-order valence-corrected chi connectivity index (χ4v) is 1.09. The highest BCUT2D eigenvalue weighted by molar-refractivity contribution is 6.04. The predicted octanol–water partition coefficient (Wildman–Crippen LogP) is 0.115. The summed E-state index contributed by atoms with van der Waals surface area (Å²) in [5, 5.41) is 0. The van der Waals surface area contributed by atoms with Crippen LogP contribution in [-0.2, 0) is 14.4 Å². The van der Waals surface area contributed by atoms with Crippen LogP contribution in [0.25, 0.3) is 0 Å². The number of carbonyl (C=O) groups is 3. The predicted molar refractivity (Wildman–Crippen MR) is 41.3 cm³/mol. The minimum absolute atomic E-state index is 0.0336. The number of amides is 2. The van der Waals surface area contributed by atoms with Crippen LogP contribution in [0.15, 0.2) is 0 Å². The van der Waals surface area contributed by atoms with E-state index in [9.17, 15) is 14.4 Å². The molecule has 1 aliphatic heterocycles. The molecule has 0 unspecified atom stereocenters. The fraction of sp³-hybridized carbons (Fsp3) is 0.625. The van der Waals surface area contributed by atoms with E-state index < -0.39 is 0 Å². The summed E-state index contributed by atoms with van der Waals surface area (Å²) in [5.41, 5.74) is 0. The summed E-state index contributed by atoms with van der Waals surface area (Å²) >= 11 is 0. The van der Waals surface area contributed by atoms with Gasteiger partial charge in [-0.25, -0.2) is 0 Å². The van der Waals surface area contributed by atoms with Crippen molar-refractivity contribution >= 4 is 17.6 Å². The average molecular weight is 169 g/mol. The second-order valence-electron chi connectivity index (χ2n) is 2.77. The summed E-state index contributed by atoms with van der Waals surface area (Å²) in [6.07, 6.45) is 0.892. The van der Waals surface area contributed by atoms with Crippen molar-refractivity contribution in [3.63, 3.8) is 0 Å². The highest BCUT2D eigenvalue weighted by Crippen LogP contribution is 2.11. The smallest absolute Gasteiger partial charge is 0.230 e. The lowest BCUT2D eigenvalue weighted by atomic mass is 10.3. The maximum absolute atomic E-state index is 11.0. The van der Waals surface area contributed by atoms with Gasteiger partial charge in [0.05, 0.1) is 6.54 Å². The van der Waals surface area contributed by atoms with Gasteiger partial charge in [0.25, 0.3) is 0 Å². The zero-order chi connectivity index (χ0) is 9.14. The van der Waals surface area contributed by atoms with Crippen molar-refractivity contribution in [3.05, 3.63) is 0 Å². The van der Waals surface area contributed by atoms with Crippen LogP contribution in [0.5, 0.6) is 0 Å². The normalized spacial score (nSPS) is 17.2. The number of rotatable bonds is 3. The van der Waals surface area contributed by atoms with Crippen molar-refractivity contribution in [2.24, 2.45) is 0 Å². The number of ketones is 1. The summed E-state index contributed by atoms with van der Waals surface area (Å²) in [5.74, 6) is -0.512. The molecule has 0 spiro atoms. The molecule has 0 bridgehead atoms. The van der Waals surface area contributed by atoms with Crippen molar-refractivity contribution in [1.82, 2.24) is 4.90 Å². The molecule has 4 nitrogen and oxygen atoms in total. The molecule has 1 aliphatic rings. The first-order chi connectivity index (χ1) is 5.65. The second-order valence-corrected chi connectivity index (χ2v) is 2.77. The SMILES string of the molecule is CCC(=O)CN1C(=O)CCC1=O. The molecule has 0 aromatic rings. The molecular formula is C8H11NO3. The number of Topliss-reactive ketones (excluding diaryl/α,β-unsaturated/α-hetero) is 1. The highest BCUT2D eigenvalue weighted by Gasteiger charge is 2.29. The van der Waals surface area contributed by atoms with Gasteiger partial charge >= 0.3 is 0 Å². The molecule has 4 heteroatoms. The van der Waals surface area contributed by atoms with Crippen molar-refractivity contribution in [2.45, 2.75) is 26.2 Å². The van der Waals surface area contributed by atoms with Gasteiger partial charge in [-0.05, 0) is 0 Å². The third kappa shape index (κ3) is 1.69. The van der Waals surface area contributed by atoms with Gasteiger partial charge < -0.3 is 0 Å². The fourth-order valence-electron chi connectivity index (χ4n) is 1.09. The standard InChI is InChI=1S/C8H11NO3/c1-2-6(10)5-9-7(11)3-4-8(9)12/h2-5H2,1H3. The number of hydrogen-bond donors (Lipinski definition) is 0. The van der Waals surface area contributed by atoms with Gasteiger partial charge in [-0.1, -0.05) is 6.92 Å². The molecule has 1 heterocycles. The van der Waals surface area contributed by atoms with E-state index in [1.807, 2.05) is 0 Å². The van der Waals surface area contributed by atoms with Crippen molar-refractivity contribution < 1.29 is 14.4 Å². The van der Waals surface area contributed by atoms with E-state index in [1.165, 1.54) is 0 Å². The Hall–Kier alpha value is -1.19. The third-order valence-corrected chi connectivity index (χ3v) is 1.88. The average Bonchev–Trinajstić information content (AvgIpc) is 2.35. The van der Waals surface area contributed by atoms with Gasteiger partial charge in [0.2, 0.25) is 11.8 Å². The number of likely N-dealkylation sites (tertiary alicyclic amines) is 1. The minimum Gasteiger partial charge on any atom is -0.298 e. The molecule has 2 amide bonds. The summed E-state index contributed by atoms with van der Waals surface area (Å²) < 4.78 is 0. The van der Waals surface area contributed by atoms with Crippen molar-refractivity contribution in [2.75, 3.05) is 6.54 Å². The van der Waals surface area contributed by atoms with Gasteiger partial charge in [0.15, 0.2) is 5.78 Å². The van der Waals surface area contributed by atoms with Crippen molar-refractivity contribution in [3.8, 4) is 0 Å². The number of imide groups is 1. The van der Waals surface area contributed by atoms with Crippen LogP contribution in [0.2, 0.25) is 0 Å². The number of carbonyl (C=O) groups excluding carboxylic acids is 3. The molecule has 0 radical (unpaired) electrons. The van der Waals surface area contributed by atoms with Crippen LogP contribution in [0.3, 0.4) is 0 Å². The third-order valence-electron chi connectivity index (χ3n) is 1.88. The largest absolute Gasteiger partial charge is 0.298 e. The van der Waals surface area contributed by atoms with Gasteiger partial charge in [-0.3, -0.25) is 19.3 Å². The first-order valence-electron chi connectivity index (χ1n) is 4.00. The minimum atomic E-state index is -0.221. The highest BCUT2D eigenvalue weighted by atomic mass is 16.2. The van der Waals surface area contributed by atoms with Gasteiger partial charge in [0, 0.05) is 19.3 Å². The molecule has 0 aromatic heterocycles. The second kappa shape index (κ2) is 3.47. The zero-order valence-corrected chi connectivity index (χ0v) is 7.00.